The molecule has 0 aromatic heterocycles. The summed E-state index contributed by atoms with van der Waals surface area (Å²) in [7, 11) is 0. The fraction of sp³-hybridized carbons (Fsp3) is 0.708. The molecular formula is C24H35N3O3. The van der Waals surface area contributed by atoms with Gasteiger partial charge in [-0.1, -0.05) is 30.3 Å². The molecule has 1 saturated carbocycles. The van der Waals surface area contributed by atoms with Gasteiger partial charge >= 0.3 is 6.03 Å². The van der Waals surface area contributed by atoms with Crippen molar-refractivity contribution in [3.8, 4) is 0 Å². The summed E-state index contributed by atoms with van der Waals surface area (Å²) < 4.78 is 12.1. The summed E-state index contributed by atoms with van der Waals surface area (Å²) in [6.07, 6.45) is 7.33. The van der Waals surface area contributed by atoms with E-state index in [1.807, 2.05) is 35.2 Å². The third-order valence-corrected chi connectivity index (χ3v) is 7.60. The minimum absolute atomic E-state index is 0.0623. The number of ether oxygens (including phenoxy) is 2. The van der Waals surface area contributed by atoms with Gasteiger partial charge in [-0.05, 0) is 50.0 Å². The molecule has 6 heteroatoms. The Morgan fingerprint density at radius 2 is 1.83 bits per heavy atom. The minimum atomic E-state index is 0.0623. The molecule has 30 heavy (non-hydrogen) atoms. The topological polar surface area (TPSA) is 54.0 Å². The van der Waals surface area contributed by atoms with E-state index in [1.165, 1.54) is 12.8 Å². The number of urea groups is 1. The molecule has 1 atom stereocenters. The molecule has 1 spiro atoms. The molecule has 1 aliphatic carbocycles. The zero-order valence-corrected chi connectivity index (χ0v) is 17.9. The number of benzene rings is 1. The molecule has 0 bridgehead atoms. The molecule has 1 N–H and O–H groups in total. The van der Waals surface area contributed by atoms with Crippen LogP contribution in [-0.4, -0.2) is 73.0 Å². The van der Waals surface area contributed by atoms with Crippen LogP contribution < -0.4 is 5.32 Å². The Morgan fingerprint density at radius 3 is 2.53 bits per heavy atom. The molecule has 3 aliphatic heterocycles. The number of carbonyl (C=O) groups excluding carboxylic acids is 1. The van der Waals surface area contributed by atoms with Gasteiger partial charge < -0.3 is 19.7 Å². The smallest absolute Gasteiger partial charge is 0.317 e. The molecule has 0 radical (unpaired) electrons. The van der Waals surface area contributed by atoms with Crippen LogP contribution in [-0.2, 0) is 16.0 Å². The largest absolute Gasteiger partial charge is 0.381 e. The SMILES string of the molecule is O=C(NCc1ccccc1)N1CCC(N2CC(OCC3CC3)C23CCOCC3)CC1. The van der Waals surface area contributed by atoms with E-state index < -0.39 is 0 Å². The fourth-order valence-electron chi connectivity index (χ4n) is 5.46. The highest BCUT2D eigenvalue weighted by atomic mass is 16.5. The van der Waals surface area contributed by atoms with E-state index >= 15 is 0 Å². The van der Waals surface area contributed by atoms with Gasteiger partial charge in [-0.2, -0.15) is 0 Å². The Labute approximate surface area is 179 Å². The first-order chi connectivity index (χ1) is 14.7. The van der Waals surface area contributed by atoms with Crippen LogP contribution in [0, 0.1) is 5.92 Å². The summed E-state index contributed by atoms with van der Waals surface area (Å²) in [6, 6.07) is 10.7. The Kier molecular flexibility index (Phi) is 5.98. The van der Waals surface area contributed by atoms with Crippen molar-refractivity contribution in [2.75, 3.05) is 39.5 Å². The van der Waals surface area contributed by atoms with Gasteiger partial charge in [0, 0.05) is 52.0 Å². The maximum atomic E-state index is 12.6. The average molecular weight is 414 g/mol. The van der Waals surface area contributed by atoms with Gasteiger partial charge in [-0.25, -0.2) is 4.79 Å². The normalized spacial score (nSPS) is 27.1. The van der Waals surface area contributed by atoms with Gasteiger partial charge in [0.05, 0.1) is 11.6 Å². The van der Waals surface area contributed by atoms with Crippen LogP contribution in [0.1, 0.15) is 44.1 Å². The van der Waals surface area contributed by atoms with Crippen LogP contribution in [0.5, 0.6) is 0 Å². The summed E-state index contributed by atoms with van der Waals surface area (Å²) in [5.74, 6) is 0.813. The summed E-state index contributed by atoms with van der Waals surface area (Å²) in [5.41, 5.74) is 1.32. The van der Waals surface area contributed by atoms with Gasteiger partial charge in [-0.15, -0.1) is 0 Å². The first-order valence-corrected chi connectivity index (χ1v) is 11.8. The maximum Gasteiger partial charge on any atom is 0.317 e. The number of carbonyl (C=O) groups is 1. The Morgan fingerprint density at radius 1 is 1.10 bits per heavy atom. The number of rotatable bonds is 6. The highest BCUT2D eigenvalue weighted by Gasteiger charge is 2.57. The van der Waals surface area contributed by atoms with Crippen LogP contribution in [0.15, 0.2) is 30.3 Å². The standard InChI is InChI=1S/C24H35N3O3/c28-23(25-16-19-4-2-1-3-5-19)26-12-8-21(9-13-26)27-17-22(30-18-20-6-7-20)24(27)10-14-29-15-11-24/h1-5,20-22H,6-18H2,(H,25,28). The fourth-order valence-corrected chi connectivity index (χ4v) is 5.46. The number of hydrogen-bond acceptors (Lipinski definition) is 4. The van der Waals surface area contributed by atoms with E-state index in [-0.39, 0.29) is 11.6 Å². The van der Waals surface area contributed by atoms with Crippen molar-refractivity contribution in [1.82, 2.24) is 15.1 Å². The molecule has 3 saturated heterocycles. The van der Waals surface area contributed by atoms with Gasteiger partial charge in [-0.3, -0.25) is 4.90 Å². The molecule has 6 nitrogen and oxygen atoms in total. The number of nitrogens with one attached hydrogen (secondary N) is 1. The molecule has 2 amide bonds. The lowest BCUT2D eigenvalue weighted by atomic mass is 9.73. The summed E-state index contributed by atoms with van der Waals surface area (Å²) in [4.78, 5) is 17.3. The van der Waals surface area contributed by atoms with Crippen molar-refractivity contribution in [2.45, 2.75) is 62.8 Å². The lowest BCUT2D eigenvalue weighted by Gasteiger charge is -2.63. The number of piperidine rings is 1. The molecule has 1 aromatic rings. The summed E-state index contributed by atoms with van der Waals surface area (Å²) in [6.45, 7) is 5.96. The maximum absolute atomic E-state index is 12.6. The highest BCUT2D eigenvalue weighted by Crippen LogP contribution is 2.45. The Bertz CT molecular complexity index is 710. The molecule has 4 aliphatic rings. The summed E-state index contributed by atoms with van der Waals surface area (Å²) >= 11 is 0. The van der Waals surface area contributed by atoms with Crippen molar-refractivity contribution in [3.63, 3.8) is 0 Å². The summed E-state index contributed by atoms with van der Waals surface area (Å²) in [5, 5.41) is 3.07. The lowest BCUT2D eigenvalue weighted by molar-refractivity contribution is -0.217. The van der Waals surface area contributed by atoms with Crippen molar-refractivity contribution >= 4 is 6.03 Å². The number of amides is 2. The zero-order valence-electron chi connectivity index (χ0n) is 17.9. The van der Waals surface area contributed by atoms with Gasteiger partial charge in [0.1, 0.15) is 0 Å². The molecule has 5 rings (SSSR count). The van der Waals surface area contributed by atoms with Crippen molar-refractivity contribution in [3.05, 3.63) is 35.9 Å². The average Bonchev–Trinajstić information content (AvgIpc) is 3.63. The van der Waals surface area contributed by atoms with Gasteiger partial charge in [0.25, 0.3) is 0 Å². The Balaban J connectivity index is 1.12. The van der Waals surface area contributed by atoms with Crippen LogP contribution in [0.4, 0.5) is 4.79 Å². The number of likely N-dealkylation sites (tertiary alicyclic amines) is 2. The van der Waals surface area contributed by atoms with Crippen molar-refractivity contribution < 1.29 is 14.3 Å². The Hall–Kier alpha value is -1.63. The van der Waals surface area contributed by atoms with E-state index in [9.17, 15) is 4.79 Å². The lowest BCUT2D eigenvalue weighted by Crippen LogP contribution is -2.76. The number of hydrogen-bond donors (Lipinski definition) is 1. The molecule has 1 aromatic carbocycles. The van der Waals surface area contributed by atoms with Crippen LogP contribution in [0.3, 0.4) is 0 Å². The van der Waals surface area contributed by atoms with Gasteiger partial charge in [0.2, 0.25) is 0 Å². The van der Waals surface area contributed by atoms with E-state index in [0.717, 1.165) is 76.6 Å². The van der Waals surface area contributed by atoms with E-state index in [0.29, 0.717) is 18.7 Å². The quantitative estimate of drug-likeness (QED) is 0.779. The zero-order chi connectivity index (χ0) is 20.4. The first-order valence-electron chi connectivity index (χ1n) is 11.8. The highest BCUT2D eigenvalue weighted by molar-refractivity contribution is 5.74. The van der Waals surface area contributed by atoms with Crippen molar-refractivity contribution in [2.24, 2.45) is 5.92 Å². The van der Waals surface area contributed by atoms with Gasteiger partial charge in [0.15, 0.2) is 0 Å². The molecule has 4 fully saturated rings. The van der Waals surface area contributed by atoms with Crippen molar-refractivity contribution in [1.29, 1.82) is 0 Å². The monoisotopic (exact) mass is 413 g/mol. The molecule has 1 unspecified atom stereocenters. The predicted octanol–water partition coefficient (Wildman–Crippen LogP) is 3.02. The number of nitrogens with zero attached hydrogens (tertiary/aromatic N) is 2. The second kappa shape index (κ2) is 8.85. The van der Waals surface area contributed by atoms with E-state index in [2.05, 4.69) is 10.2 Å². The molecule has 164 valence electrons. The molecule has 3 heterocycles. The van der Waals surface area contributed by atoms with Crippen LogP contribution in [0.2, 0.25) is 0 Å². The van der Waals surface area contributed by atoms with Crippen LogP contribution in [0.25, 0.3) is 0 Å². The molecular weight excluding hydrogens is 378 g/mol. The van der Waals surface area contributed by atoms with Crippen LogP contribution >= 0.6 is 0 Å². The second-order valence-electron chi connectivity index (χ2n) is 9.50. The minimum Gasteiger partial charge on any atom is -0.381 e. The third-order valence-electron chi connectivity index (χ3n) is 7.60. The third kappa shape index (κ3) is 4.23. The first kappa shape index (κ1) is 20.3. The second-order valence-corrected chi connectivity index (χ2v) is 9.50. The predicted molar refractivity (Wildman–Crippen MR) is 115 cm³/mol. The van der Waals surface area contributed by atoms with E-state index in [1.54, 1.807) is 0 Å². The van der Waals surface area contributed by atoms with E-state index in [4.69, 9.17) is 9.47 Å².